The molecule has 3 aromatic carbocycles. The molecule has 4 aromatic rings. The quantitative estimate of drug-likeness (QED) is 0.133. The van der Waals surface area contributed by atoms with Gasteiger partial charge in [-0.25, -0.2) is 4.98 Å². The molecule has 9 heteroatoms. The Balaban J connectivity index is 1.49. The van der Waals surface area contributed by atoms with E-state index in [0.29, 0.717) is 46.3 Å². The largest absolute Gasteiger partial charge is 0.507 e. The van der Waals surface area contributed by atoms with Crippen molar-refractivity contribution in [2.24, 2.45) is 0 Å². The molecule has 2 aliphatic heterocycles. The van der Waals surface area contributed by atoms with Gasteiger partial charge in [0.2, 0.25) is 0 Å². The topological polar surface area (TPSA) is 98.2 Å². The van der Waals surface area contributed by atoms with E-state index >= 15 is 0 Å². The number of fused-ring (bicyclic) bond motifs is 2. The van der Waals surface area contributed by atoms with Gasteiger partial charge in [-0.05, 0) is 66.6 Å². The van der Waals surface area contributed by atoms with Crippen LogP contribution in [0.2, 0.25) is 0 Å². The average Bonchev–Trinajstić information content (AvgIpc) is 3.63. The Kier molecular flexibility index (Phi) is 6.51. The second kappa shape index (κ2) is 10.2. The molecular weight excluding hydrogens is 528 g/mol. The predicted molar refractivity (Wildman–Crippen MR) is 153 cm³/mol. The molecule has 1 fully saturated rings. The Labute approximate surface area is 234 Å². The molecule has 2 aliphatic rings. The van der Waals surface area contributed by atoms with Crippen molar-refractivity contribution < 1.29 is 28.9 Å². The fourth-order valence-corrected chi connectivity index (χ4v) is 6.12. The van der Waals surface area contributed by atoms with Gasteiger partial charge in [0.05, 0.1) is 28.9 Å². The minimum absolute atomic E-state index is 0.00601. The van der Waals surface area contributed by atoms with Crippen molar-refractivity contribution in [3.8, 4) is 17.2 Å². The Morgan fingerprint density at radius 3 is 2.67 bits per heavy atom. The van der Waals surface area contributed by atoms with E-state index in [1.807, 2.05) is 19.1 Å². The maximum atomic E-state index is 13.6. The smallest absolute Gasteiger partial charge is 0.301 e. The zero-order chi connectivity index (χ0) is 28.0. The van der Waals surface area contributed by atoms with Crippen molar-refractivity contribution in [2.75, 3.05) is 18.6 Å². The van der Waals surface area contributed by atoms with Gasteiger partial charge in [-0.15, -0.1) is 0 Å². The maximum Gasteiger partial charge on any atom is 0.301 e. The molecule has 0 spiro atoms. The number of anilines is 1. The van der Waals surface area contributed by atoms with E-state index in [9.17, 15) is 14.7 Å². The summed E-state index contributed by atoms with van der Waals surface area (Å²) in [5.41, 5.74) is 2.67. The van der Waals surface area contributed by atoms with Crippen LogP contribution in [0.15, 0.2) is 78.9 Å². The normalized spacial score (nSPS) is 19.5. The second-order valence-corrected chi connectivity index (χ2v) is 10.6. The third-order valence-corrected chi connectivity index (χ3v) is 7.99. The van der Waals surface area contributed by atoms with E-state index in [4.69, 9.17) is 14.2 Å². The lowest BCUT2D eigenvalue weighted by Crippen LogP contribution is -2.29. The van der Waals surface area contributed by atoms with Crippen LogP contribution < -0.4 is 19.1 Å². The zero-order valence-corrected chi connectivity index (χ0v) is 22.7. The molecule has 1 aromatic heterocycles. The molecule has 1 N–H and O–H groups in total. The molecule has 40 heavy (non-hydrogen) atoms. The summed E-state index contributed by atoms with van der Waals surface area (Å²) in [7, 11) is 1.58. The number of Topliss-reactive ketones (excluding diaryl/α,β-unsaturated/α-hetero) is 1. The van der Waals surface area contributed by atoms with Crippen molar-refractivity contribution in [1.82, 2.24) is 4.98 Å². The van der Waals surface area contributed by atoms with Crippen LogP contribution in [0.5, 0.6) is 17.2 Å². The molecule has 202 valence electrons. The summed E-state index contributed by atoms with van der Waals surface area (Å²) in [5.74, 6) is 0.231. The number of rotatable bonds is 7. The monoisotopic (exact) mass is 554 g/mol. The zero-order valence-electron chi connectivity index (χ0n) is 21.9. The third kappa shape index (κ3) is 4.38. The number of aliphatic hydroxyl groups excluding tert-OH is 1. The van der Waals surface area contributed by atoms with Crippen molar-refractivity contribution in [1.29, 1.82) is 0 Å². The summed E-state index contributed by atoms with van der Waals surface area (Å²) in [4.78, 5) is 33.2. The lowest BCUT2D eigenvalue weighted by Gasteiger charge is -2.23. The van der Waals surface area contributed by atoms with E-state index in [0.717, 1.165) is 16.0 Å². The number of amides is 1. The number of methoxy groups -OCH3 is 1. The number of ketones is 1. The standard InChI is InChI=1S/C31H26N2O6S/c1-4-13-38-21-8-5-18(6-9-21)27-26(28(34)19-7-12-24-20(15-19)14-17(2)39-24)29(35)30(36)33(27)31-32-23-11-10-22(37-3)16-25(23)40-31/h4-12,15-17,27,34H,1,13-14H2,2-3H3. The summed E-state index contributed by atoms with van der Waals surface area (Å²) in [5, 5.41) is 11.9. The van der Waals surface area contributed by atoms with Crippen LogP contribution in [0, 0.1) is 0 Å². The number of aliphatic hydroxyl groups is 1. The Bertz CT molecular complexity index is 1690. The lowest BCUT2D eigenvalue weighted by molar-refractivity contribution is -0.132. The van der Waals surface area contributed by atoms with Gasteiger partial charge in [-0.3, -0.25) is 14.5 Å². The summed E-state index contributed by atoms with van der Waals surface area (Å²) in [6, 6.07) is 16.9. The summed E-state index contributed by atoms with van der Waals surface area (Å²) in [6.07, 6.45) is 2.36. The van der Waals surface area contributed by atoms with Crippen LogP contribution in [-0.2, 0) is 16.0 Å². The highest BCUT2D eigenvalue weighted by Crippen LogP contribution is 2.45. The molecule has 0 radical (unpaired) electrons. The Morgan fingerprint density at radius 1 is 1.15 bits per heavy atom. The van der Waals surface area contributed by atoms with E-state index in [2.05, 4.69) is 11.6 Å². The van der Waals surface area contributed by atoms with Gasteiger partial charge >= 0.3 is 5.91 Å². The van der Waals surface area contributed by atoms with E-state index in [1.165, 1.54) is 16.2 Å². The highest BCUT2D eigenvalue weighted by atomic mass is 32.1. The molecule has 6 rings (SSSR count). The van der Waals surface area contributed by atoms with Gasteiger partial charge in [0.15, 0.2) is 5.13 Å². The molecule has 0 bridgehead atoms. The van der Waals surface area contributed by atoms with E-state index in [1.54, 1.807) is 61.7 Å². The van der Waals surface area contributed by atoms with Crippen LogP contribution in [0.3, 0.4) is 0 Å². The molecular formula is C31H26N2O6S. The number of hydrogen-bond acceptors (Lipinski definition) is 8. The molecule has 8 nitrogen and oxygen atoms in total. The number of thiazole rings is 1. The SMILES string of the molecule is C=CCOc1ccc(C2C(=C(O)c3ccc4c(c3)CC(C)O4)C(=O)C(=O)N2c2nc3ccc(OC)cc3s2)cc1. The first-order valence-corrected chi connectivity index (χ1v) is 13.6. The first-order valence-electron chi connectivity index (χ1n) is 12.8. The molecule has 0 aliphatic carbocycles. The van der Waals surface area contributed by atoms with Crippen LogP contribution in [0.25, 0.3) is 16.0 Å². The van der Waals surface area contributed by atoms with Crippen LogP contribution >= 0.6 is 11.3 Å². The first-order chi connectivity index (χ1) is 19.4. The fraction of sp³-hybridized carbons (Fsp3) is 0.194. The third-order valence-electron chi connectivity index (χ3n) is 6.97. The molecule has 2 atom stereocenters. The maximum absolute atomic E-state index is 13.6. The highest BCUT2D eigenvalue weighted by Gasteiger charge is 2.48. The van der Waals surface area contributed by atoms with Gasteiger partial charge in [-0.1, -0.05) is 36.1 Å². The summed E-state index contributed by atoms with van der Waals surface area (Å²) < 4.78 is 17.6. The molecule has 3 heterocycles. The van der Waals surface area contributed by atoms with Crippen molar-refractivity contribution >= 4 is 44.1 Å². The number of nitrogens with zero attached hydrogens (tertiary/aromatic N) is 2. The molecule has 1 amide bonds. The van der Waals surface area contributed by atoms with Gasteiger partial charge in [0.25, 0.3) is 5.78 Å². The second-order valence-electron chi connectivity index (χ2n) is 9.62. The van der Waals surface area contributed by atoms with E-state index in [-0.39, 0.29) is 17.4 Å². The number of carbonyl (C=O) groups is 2. The summed E-state index contributed by atoms with van der Waals surface area (Å²) in [6.45, 7) is 5.98. The van der Waals surface area contributed by atoms with Crippen LogP contribution in [0.4, 0.5) is 5.13 Å². The minimum atomic E-state index is -0.903. The lowest BCUT2D eigenvalue weighted by atomic mass is 9.94. The number of benzene rings is 3. The molecule has 2 unspecified atom stereocenters. The van der Waals surface area contributed by atoms with E-state index < -0.39 is 17.7 Å². The first kappa shape index (κ1) is 25.6. The summed E-state index contributed by atoms with van der Waals surface area (Å²) >= 11 is 1.27. The number of aromatic nitrogens is 1. The van der Waals surface area contributed by atoms with Gasteiger partial charge < -0.3 is 19.3 Å². The number of carbonyl (C=O) groups excluding carboxylic acids is 2. The number of hydrogen-bond donors (Lipinski definition) is 1. The van der Waals surface area contributed by atoms with Crippen LogP contribution in [-0.4, -0.2) is 41.6 Å². The van der Waals surface area contributed by atoms with Gasteiger partial charge in [0.1, 0.15) is 35.7 Å². The van der Waals surface area contributed by atoms with Gasteiger partial charge in [0, 0.05) is 12.0 Å². The average molecular weight is 555 g/mol. The number of ether oxygens (including phenoxy) is 3. The molecule has 1 saturated heterocycles. The fourth-order valence-electron chi connectivity index (χ4n) is 5.09. The predicted octanol–water partition coefficient (Wildman–Crippen LogP) is 5.82. The van der Waals surface area contributed by atoms with Crippen molar-refractivity contribution in [3.63, 3.8) is 0 Å². The molecule has 0 saturated carbocycles. The Morgan fingerprint density at radius 2 is 1.93 bits per heavy atom. The minimum Gasteiger partial charge on any atom is -0.507 e. The van der Waals surface area contributed by atoms with Crippen molar-refractivity contribution in [3.05, 3.63) is 95.6 Å². The Hall–Kier alpha value is -4.63. The van der Waals surface area contributed by atoms with Gasteiger partial charge in [-0.2, -0.15) is 0 Å². The van der Waals surface area contributed by atoms with Crippen molar-refractivity contribution in [2.45, 2.75) is 25.5 Å². The van der Waals surface area contributed by atoms with Crippen LogP contribution in [0.1, 0.15) is 29.7 Å². The highest BCUT2D eigenvalue weighted by molar-refractivity contribution is 7.22.